The van der Waals surface area contributed by atoms with E-state index in [0.717, 1.165) is 11.8 Å². The van der Waals surface area contributed by atoms with Crippen molar-refractivity contribution in [2.24, 2.45) is 11.8 Å². The minimum atomic E-state index is 1.01. The molecule has 3 unspecified atom stereocenters. The molecule has 2 rings (SSSR count). The molecule has 2 bridgehead atoms. The minimum absolute atomic E-state index is 1.01. The lowest BCUT2D eigenvalue weighted by molar-refractivity contribution is 0.338. The summed E-state index contributed by atoms with van der Waals surface area (Å²) < 4.78 is 0. The summed E-state index contributed by atoms with van der Waals surface area (Å²) in [6.45, 7) is 6.59. The first-order chi connectivity index (χ1) is 4.86. The van der Waals surface area contributed by atoms with Gasteiger partial charge in [-0.3, -0.25) is 0 Å². The number of hydrogen-bond acceptors (Lipinski definition) is 1. The molecule has 0 N–H and O–H groups in total. The van der Waals surface area contributed by atoms with Crippen molar-refractivity contribution in [1.82, 2.24) is 4.90 Å². The number of fused-ring (bicyclic) bond motifs is 2. The molecule has 0 saturated carbocycles. The lowest BCUT2D eigenvalue weighted by Gasteiger charge is -2.15. The zero-order valence-corrected chi connectivity index (χ0v) is 6.84. The summed E-state index contributed by atoms with van der Waals surface area (Å²) in [4.78, 5) is 2.63. The summed E-state index contributed by atoms with van der Waals surface area (Å²) in [5.74, 6) is 2.05. The fourth-order valence-corrected chi connectivity index (χ4v) is 2.40. The van der Waals surface area contributed by atoms with Crippen LogP contribution in [0, 0.1) is 11.8 Å². The Bertz CT molecular complexity index is 122. The SMILES string of the molecule is CC1CCCN2CCC1C2. The van der Waals surface area contributed by atoms with E-state index >= 15 is 0 Å². The first-order valence-corrected chi connectivity index (χ1v) is 4.58. The Balaban J connectivity index is 2.03. The maximum absolute atomic E-state index is 2.63. The van der Waals surface area contributed by atoms with Gasteiger partial charge in [0.1, 0.15) is 0 Å². The molecule has 1 heteroatoms. The average molecular weight is 139 g/mol. The van der Waals surface area contributed by atoms with E-state index in [2.05, 4.69) is 11.8 Å². The van der Waals surface area contributed by atoms with Crippen LogP contribution in [0.5, 0.6) is 0 Å². The van der Waals surface area contributed by atoms with Crippen molar-refractivity contribution in [2.75, 3.05) is 19.6 Å². The molecule has 0 aromatic heterocycles. The van der Waals surface area contributed by atoms with Gasteiger partial charge in [-0.25, -0.2) is 0 Å². The second-order valence-corrected chi connectivity index (χ2v) is 3.97. The minimum Gasteiger partial charge on any atom is -0.303 e. The molecule has 2 aliphatic heterocycles. The van der Waals surface area contributed by atoms with E-state index in [1.807, 2.05) is 0 Å². The third-order valence-electron chi connectivity index (χ3n) is 3.25. The molecular formula is C9H17N. The first-order valence-electron chi connectivity index (χ1n) is 4.58. The molecule has 0 spiro atoms. The van der Waals surface area contributed by atoms with Crippen LogP contribution in [0.2, 0.25) is 0 Å². The van der Waals surface area contributed by atoms with Crippen LogP contribution in [0.1, 0.15) is 26.2 Å². The molecule has 2 fully saturated rings. The Morgan fingerprint density at radius 2 is 2.10 bits per heavy atom. The van der Waals surface area contributed by atoms with Crippen LogP contribution in [0.25, 0.3) is 0 Å². The highest BCUT2D eigenvalue weighted by atomic mass is 15.1. The molecule has 0 aromatic carbocycles. The Kier molecular flexibility index (Phi) is 1.69. The van der Waals surface area contributed by atoms with Gasteiger partial charge in [0.25, 0.3) is 0 Å². The van der Waals surface area contributed by atoms with Crippen molar-refractivity contribution in [3.8, 4) is 0 Å². The summed E-state index contributed by atoms with van der Waals surface area (Å²) >= 11 is 0. The Labute approximate surface area is 63.4 Å². The fraction of sp³-hybridized carbons (Fsp3) is 1.00. The van der Waals surface area contributed by atoms with Crippen molar-refractivity contribution in [3.05, 3.63) is 0 Å². The van der Waals surface area contributed by atoms with Gasteiger partial charge in [-0.1, -0.05) is 6.92 Å². The van der Waals surface area contributed by atoms with Crippen LogP contribution in [0.15, 0.2) is 0 Å². The zero-order chi connectivity index (χ0) is 6.97. The van der Waals surface area contributed by atoms with Crippen LogP contribution in [0.4, 0.5) is 0 Å². The van der Waals surface area contributed by atoms with Gasteiger partial charge in [0.15, 0.2) is 0 Å². The topological polar surface area (TPSA) is 3.24 Å². The van der Waals surface area contributed by atoms with Gasteiger partial charge in [-0.05, 0) is 44.2 Å². The number of rotatable bonds is 0. The zero-order valence-electron chi connectivity index (χ0n) is 6.84. The molecule has 0 radical (unpaired) electrons. The maximum atomic E-state index is 2.63. The molecule has 2 aliphatic rings. The molecular weight excluding hydrogens is 122 g/mol. The van der Waals surface area contributed by atoms with Crippen molar-refractivity contribution < 1.29 is 0 Å². The van der Waals surface area contributed by atoms with E-state index in [9.17, 15) is 0 Å². The summed E-state index contributed by atoms with van der Waals surface area (Å²) in [6, 6.07) is 0. The average Bonchev–Trinajstić information content (AvgIpc) is 2.27. The number of hydrogen-bond donors (Lipinski definition) is 0. The summed E-state index contributed by atoms with van der Waals surface area (Å²) in [5.41, 5.74) is 0. The Morgan fingerprint density at radius 1 is 1.20 bits per heavy atom. The summed E-state index contributed by atoms with van der Waals surface area (Å²) in [7, 11) is 0. The molecule has 1 nitrogen and oxygen atoms in total. The fourth-order valence-electron chi connectivity index (χ4n) is 2.40. The second-order valence-electron chi connectivity index (χ2n) is 3.97. The standard InChI is InChI=1S/C9H17N/c1-8-3-2-5-10-6-4-9(8)7-10/h8-9H,2-7H2,1H3. The van der Waals surface area contributed by atoms with Gasteiger partial charge >= 0.3 is 0 Å². The third kappa shape index (κ3) is 1.07. The van der Waals surface area contributed by atoms with Gasteiger partial charge in [0.05, 0.1) is 0 Å². The van der Waals surface area contributed by atoms with E-state index in [0.29, 0.717) is 0 Å². The van der Waals surface area contributed by atoms with Crippen LogP contribution >= 0.6 is 0 Å². The molecule has 3 atom stereocenters. The number of nitrogens with zero attached hydrogens (tertiary/aromatic N) is 1. The predicted molar refractivity (Wildman–Crippen MR) is 42.9 cm³/mol. The van der Waals surface area contributed by atoms with E-state index < -0.39 is 0 Å². The summed E-state index contributed by atoms with van der Waals surface area (Å²) in [5, 5.41) is 0. The van der Waals surface area contributed by atoms with E-state index in [4.69, 9.17) is 0 Å². The van der Waals surface area contributed by atoms with E-state index in [1.54, 1.807) is 0 Å². The van der Waals surface area contributed by atoms with Crippen LogP contribution < -0.4 is 0 Å². The molecule has 0 aromatic rings. The quantitative estimate of drug-likeness (QED) is 0.494. The smallest absolute Gasteiger partial charge is 0.00127 e. The van der Waals surface area contributed by atoms with E-state index in [1.165, 1.54) is 38.9 Å². The molecule has 2 saturated heterocycles. The summed E-state index contributed by atoms with van der Waals surface area (Å²) in [6.07, 6.45) is 4.39. The normalized spacial score (nSPS) is 47.1. The lowest BCUT2D eigenvalue weighted by atomic mass is 9.90. The van der Waals surface area contributed by atoms with Gasteiger partial charge in [0.2, 0.25) is 0 Å². The first kappa shape index (κ1) is 6.66. The Morgan fingerprint density at radius 3 is 3.00 bits per heavy atom. The lowest BCUT2D eigenvalue weighted by Crippen LogP contribution is -2.19. The van der Waals surface area contributed by atoms with Gasteiger partial charge in [-0.15, -0.1) is 0 Å². The Hall–Kier alpha value is -0.0400. The molecule has 2 heterocycles. The molecule has 0 amide bonds. The van der Waals surface area contributed by atoms with Crippen molar-refractivity contribution in [2.45, 2.75) is 26.2 Å². The van der Waals surface area contributed by atoms with Crippen LogP contribution in [-0.2, 0) is 0 Å². The van der Waals surface area contributed by atoms with Gasteiger partial charge in [0, 0.05) is 6.54 Å². The highest BCUT2D eigenvalue weighted by Gasteiger charge is 2.28. The maximum Gasteiger partial charge on any atom is 0.00127 e. The van der Waals surface area contributed by atoms with Crippen LogP contribution in [-0.4, -0.2) is 24.5 Å². The predicted octanol–water partition coefficient (Wildman–Crippen LogP) is 1.74. The van der Waals surface area contributed by atoms with E-state index in [-0.39, 0.29) is 0 Å². The largest absolute Gasteiger partial charge is 0.303 e. The highest BCUT2D eigenvalue weighted by Crippen LogP contribution is 2.30. The van der Waals surface area contributed by atoms with Gasteiger partial charge < -0.3 is 4.90 Å². The van der Waals surface area contributed by atoms with Crippen molar-refractivity contribution in [3.63, 3.8) is 0 Å². The van der Waals surface area contributed by atoms with Gasteiger partial charge in [-0.2, -0.15) is 0 Å². The monoisotopic (exact) mass is 139 g/mol. The second kappa shape index (κ2) is 2.54. The third-order valence-corrected chi connectivity index (χ3v) is 3.25. The highest BCUT2D eigenvalue weighted by molar-refractivity contribution is 4.82. The van der Waals surface area contributed by atoms with Crippen molar-refractivity contribution >= 4 is 0 Å². The van der Waals surface area contributed by atoms with Crippen molar-refractivity contribution in [1.29, 1.82) is 0 Å². The molecule has 10 heavy (non-hydrogen) atoms. The molecule has 58 valence electrons. The van der Waals surface area contributed by atoms with Crippen LogP contribution in [0.3, 0.4) is 0 Å². The molecule has 0 aliphatic carbocycles.